The van der Waals surface area contributed by atoms with Crippen LogP contribution in [0.15, 0.2) is 12.1 Å². The average Bonchev–Trinajstić information content (AvgIpc) is 2.43. The van der Waals surface area contributed by atoms with Crippen LogP contribution < -0.4 is 10.2 Å². The van der Waals surface area contributed by atoms with Gasteiger partial charge in [0.15, 0.2) is 0 Å². The first-order valence-corrected chi connectivity index (χ1v) is 6.33. The quantitative estimate of drug-likeness (QED) is 0.902. The monoisotopic (exact) mass is 300 g/mol. The number of rotatable bonds is 5. The number of hydrogen-bond donors (Lipinski definition) is 1. The van der Waals surface area contributed by atoms with Crippen LogP contribution >= 0.6 is 0 Å². The van der Waals surface area contributed by atoms with Crippen LogP contribution in [0.25, 0.3) is 0 Å². The predicted molar refractivity (Wildman–Crippen MR) is 70.5 cm³/mol. The molecule has 1 heterocycles. The van der Waals surface area contributed by atoms with Crippen molar-refractivity contribution in [2.75, 3.05) is 24.5 Å². The summed E-state index contributed by atoms with van der Waals surface area (Å²) in [5.41, 5.74) is -1.10. The normalized spacial score (nSPS) is 10.9. The van der Waals surface area contributed by atoms with Crippen molar-refractivity contribution in [2.24, 2.45) is 0 Å². The number of anilines is 1. The second kappa shape index (κ2) is 6.92. The molecular formula is C13H15F3N4O. The Bertz CT molecular complexity index is 551. The molecule has 0 atom stereocenters. The van der Waals surface area contributed by atoms with Crippen LogP contribution in [0.5, 0.6) is 0 Å². The second-order valence-corrected chi connectivity index (χ2v) is 4.14. The lowest BCUT2D eigenvalue weighted by molar-refractivity contribution is -0.141. The van der Waals surface area contributed by atoms with E-state index in [1.54, 1.807) is 19.9 Å². The SMILES string of the molecule is CCNC(=O)CN(CC)c1nc(C(F)(F)F)ccc1C#N. The molecule has 8 heteroatoms. The summed E-state index contributed by atoms with van der Waals surface area (Å²) in [7, 11) is 0. The average molecular weight is 300 g/mol. The molecule has 0 bridgehead atoms. The van der Waals surface area contributed by atoms with Crippen LogP contribution in [0.4, 0.5) is 19.0 Å². The summed E-state index contributed by atoms with van der Waals surface area (Å²) < 4.78 is 38.1. The predicted octanol–water partition coefficient (Wildman–Crippen LogP) is 1.93. The summed E-state index contributed by atoms with van der Waals surface area (Å²) >= 11 is 0. The van der Waals surface area contributed by atoms with Gasteiger partial charge in [-0.15, -0.1) is 0 Å². The molecule has 21 heavy (non-hydrogen) atoms. The van der Waals surface area contributed by atoms with E-state index in [1.165, 1.54) is 4.90 Å². The van der Waals surface area contributed by atoms with Gasteiger partial charge in [0.05, 0.1) is 12.1 Å². The fourth-order valence-corrected chi connectivity index (χ4v) is 1.70. The van der Waals surface area contributed by atoms with Crippen molar-refractivity contribution in [1.29, 1.82) is 5.26 Å². The lowest BCUT2D eigenvalue weighted by atomic mass is 10.2. The molecule has 0 aliphatic heterocycles. The van der Waals surface area contributed by atoms with E-state index < -0.39 is 11.9 Å². The summed E-state index contributed by atoms with van der Waals surface area (Å²) in [6.45, 7) is 3.91. The third-order valence-electron chi connectivity index (χ3n) is 2.68. The number of aromatic nitrogens is 1. The highest BCUT2D eigenvalue weighted by Gasteiger charge is 2.33. The molecular weight excluding hydrogens is 285 g/mol. The van der Waals surface area contributed by atoms with Crippen molar-refractivity contribution in [3.8, 4) is 6.07 Å². The Balaban J connectivity index is 3.18. The van der Waals surface area contributed by atoms with Crippen molar-refractivity contribution in [3.63, 3.8) is 0 Å². The number of halogens is 3. The fourth-order valence-electron chi connectivity index (χ4n) is 1.70. The largest absolute Gasteiger partial charge is 0.433 e. The molecule has 1 amide bonds. The summed E-state index contributed by atoms with van der Waals surface area (Å²) in [6.07, 6.45) is -4.60. The number of nitrogens with one attached hydrogen (secondary N) is 1. The van der Waals surface area contributed by atoms with Gasteiger partial charge in [-0.1, -0.05) is 0 Å². The highest BCUT2D eigenvalue weighted by molar-refractivity contribution is 5.81. The van der Waals surface area contributed by atoms with Gasteiger partial charge in [-0.25, -0.2) is 4.98 Å². The molecule has 1 aromatic rings. The fraction of sp³-hybridized carbons (Fsp3) is 0.462. The molecule has 0 aliphatic carbocycles. The number of likely N-dealkylation sites (N-methyl/N-ethyl adjacent to an activating group) is 2. The number of carbonyl (C=O) groups is 1. The minimum absolute atomic E-state index is 0.00542. The molecule has 1 aromatic heterocycles. The zero-order valence-electron chi connectivity index (χ0n) is 11.7. The molecule has 0 saturated carbocycles. The lowest BCUT2D eigenvalue weighted by Crippen LogP contribution is -2.38. The molecule has 0 aliphatic rings. The first-order valence-electron chi connectivity index (χ1n) is 6.33. The summed E-state index contributed by atoms with van der Waals surface area (Å²) in [5, 5.41) is 11.5. The van der Waals surface area contributed by atoms with Gasteiger partial charge >= 0.3 is 6.18 Å². The van der Waals surface area contributed by atoms with Crippen molar-refractivity contribution in [1.82, 2.24) is 10.3 Å². The van der Waals surface area contributed by atoms with Crippen LogP contribution in [0.1, 0.15) is 25.1 Å². The third kappa shape index (κ3) is 4.34. The van der Waals surface area contributed by atoms with E-state index in [9.17, 15) is 18.0 Å². The Morgan fingerprint density at radius 2 is 2.10 bits per heavy atom. The first-order chi connectivity index (χ1) is 9.83. The van der Waals surface area contributed by atoms with Crippen LogP contribution in [-0.4, -0.2) is 30.5 Å². The smallest absolute Gasteiger partial charge is 0.355 e. The van der Waals surface area contributed by atoms with Crippen molar-refractivity contribution in [2.45, 2.75) is 20.0 Å². The molecule has 1 rings (SSSR count). The standard InChI is InChI=1S/C13H15F3N4O/c1-3-18-11(21)8-20(4-2)12-9(7-17)5-6-10(19-12)13(14,15)16/h5-6H,3-4,8H2,1-2H3,(H,18,21). The zero-order chi connectivity index (χ0) is 16.0. The summed E-state index contributed by atoms with van der Waals surface area (Å²) in [5.74, 6) is -0.483. The van der Waals surface area contributed by atoms with Gasteiger partial charge in [-0.2, -0.15) is 18.4 Å². The van der Waals surface area contributed by atoms with Crippen LogP contribution in [0.3, 0.4) is 0 Å². The van der Waals surface area contributed by atoms with Gasteiger partial charge in [-0.3, -0.25) is 4.79 Å². The molecule has 1 N–H and O–H groups in total. The topological polar surface area (TPSA) is 69.0 Å². The Morgan fingerprint density at radius 3 is 2.57 bits per heavy atom. The Kier molecular flexibility index (Phi) is 5.52. The van der Waals surface area contributed by atoms with Gasteiger partial charge in [0, 0.05) is 13.1 Å². The zero-order valence-corrected chi connectivity index (χ0v) is 11.7. The van der Waals surface area contributed by atoms with E-state index in [0.29, 0.717) is 6.54 Å². The maximum atomic E-state index is 12.7. The van der Waals surface area contributed by atoms with Gasteiger partial charge in [0.2, 0.25) is 5.91 Å². The number of carbonyl (C=O) groups excluding carboxylic acids is 1. The number of alkyl halides is 3. The minimum atomic E-state index is -4.60. The number of pyridine rings is 1. The highest BCUT2D eigenvalue weighted by Crippen LogP contribution is 2.30. The highest BCUT2D eigenvalue weighted by atomic mass is 19.4. The number of nitrogens with zero attached hydrogens (tertiary/aromatic N) is 3. The molecule has 0 unspecified atom stereocenters. The molecule has 0 spiro atoms. The molecule has 0 saturated heterocycles. The molecule has 114 valence electrons. The number of nitriles is 1. The molecule has 0 fully saturated rings. The maximum absolute atomic E-state index is 12.7. The van der Waals surface area contributed by atoms with E-state index in [1.807, 2.05) is 0 Å². The summed E-state index contributed by atoms with van der Waals surface area (Å²) in [6, 6.07) is 3.60. The molecule has 0 aromatic carbocycles. The Hall–Kier alpha value is -2.30. The van der Waals surface area contributed by atoms with E-state index >= 15 is 0 Å². The van der Waals surface area contributed by atoms with Crippen LogP contribution in [-0.2, 0) is 11.0 Å². The van der Waals surface area contributed by atoms with Gasteiger partial charge in [0.25, 0.3) is 0 Å². The Labute approximate surface area is 120 Å². The van der Waals surface area contributed by atoms with Crippen LogP contribution in [0.2, 0.25) is 0 Å². The molecule has 5 nitrogen and oxygen atoms in total. The van der Waals surface area contributed by atoms with Crippen molar-refractivity contribution in [3.05, 3.63) is 23.4 Å². The van der Waals surface area contributed by atoms with E-state index in [4.69, 9.17) is 5.26 Å². The van der Waals surface area contributed by atoms with Gasteiger partial charge in [0.1, 0.15) is 17.6 Å². The molecule has 0 radical (unpaired) electrons. The van der Waals surface area contributed by atoms with Crippen molar-refractivity contribution < 1.29 is 18.0 Å². The lowest BCUT2D eigenvalue weighted by Gasteiger charge is -2.23. The van der Waals surface area contributed by atoms with Crippen LogP contribution in [0, 0.1) is 11.3 Å². The van der Waals surface area contributed by atoms with E-state index in [-0.39, 0.29) is 30.4 Å². The Morgan fingerprint density at radius 1 is 1.43 bits per heavy atom. The minimum Gasteiger partial charge on any atom is -0.355 e. The third-order valence-corrected chi connectivity index (χ3v) is 2.68. The second-order valence-electron chi connectivity index (χ2n) is 4.14. The number of hydrogen-bond acceptors (Lipinski definition) is 4. The summed E-state index contributed by atoms with van der Waals surface area (Å²) in [4.78, 5) is 16.4. The van der Waals surface area contributed by atoms with Gasteiger partial charge < -0.3 is 10.2 Å². The van der Waals surface area contributed by atoms with Gasteiger partial charge in [-0.05, 0) is 26.0 Å². The number of amides is 1. The van der Waals surface area contributed by atoms with E-state index in [0.717, 1.165) is 12.1 Å². The van der Waals surface area contributed by atoms with E-state index in [2.05, 4.69) is 10.3 Å². The maximum Gasteiger partial charge on any atom is 0.433 e. The first kappa shape index (κ1) is 16.8. The van der Waals surface area contributed by atoms with Crippen molar-refractivity contribution >= 4 is 11.7 Å².